The molecule has 108 valence electrons. The van der Waals surface area contributed by atoms with E-state index < -0.39 is 0 Å². The normalized spacial score (nSPS) is 16.5. The summed E-state index contributed by atoms with van der Waals surface area (Å²) in [6.45, 7) is 6.06. The largest absolute Gasteiger partial charge is 0.357 e. The van der Waals surface area contributed by atoms with Crippen LogP contribution in [0.5, 0.6) is 0 Å². The summed E-state index contributed by atoms with van der Waals surface area (Å²) in [4.78, 5) is 8.52. The highest BCUT2D eigenvalue weighted by atomic mass is 15.1. The molecule has 20 heavy (non-hydrogen) atoms. The molecule has 3 rings (SSSR count). The van der Waals surface area contributed by atoms with Gasteiger partial charge in [-0.1, -0.05) is 18.2 Å². The van der Waals surface area contributed by atoms with Crippen molar-refractivity contribution >= 4 is 10.9 Å². The van der Waals surface area contributed by atoms with Gasteiger partial charge in [0, 0.05) is 17.8 Å². The molecular weight excluding hydrogens is 246 g/mol. The minimum Gasteiger partial charge on any atom is -0.357 e. The Labute approximate surface area is 121 Å². The number of fused-ring (bicyclic) bond motifs is 1. The molecular formula is C17H25N3. The third kappa shape index (κ3) is 3.41. The predicted octanol–water partition coefficient (Wildman–Crippen LogP) is 3.09. The minimum atomic E-state index is 1.01. The SMILES string of the molecule is CN(CCCN1CCCC1)Cc1cc2ccccc2[nH]1. The summed E-state index contributed by atoms with van der Waals surface area (Å²) in [5, 5.41) is 1.31. The van der Waals surface area contributed by atoms with E-state index in [0.29, 0.717) is 0 Å². The lowest BCUT2D eigenvalue weighted by Gasteiger charge is -2.19. The Morgan fingerprint density at radius 2 is 2.00 bits per heavy atom. The lowest BCUT2D eigenvalue weighted by atomic mass is 10.2. The number of rotatable bonds is 6. The predicted molar refractivity (Wildman–Crippen MR) is 84.9 cm³/mol. The molecule has 2 aromatic rings. The number of hydrogen-bond donors (Lipinski definition) is 1. The highest BCUT2D eigenvalue weighted by molar-refractivity contribution is 5.80. The number of benzene rings is 1. The summed E-state index contributed by atoms with van der Waals surface area (Å²) < 4.78 is 0. The topological polar surface area (TPSA) is 22.3 Å². The second-order valence-electron chi connectivity index (χ2n) is 6.02. The van der Waals surface area contributed by atoms with Gasteiger partial charge in [0.05, 0.1) is 0 Å². The van der Waals surface area contributed by atoms with Crippen molar-refractivity contribution in [3.63, 3.8) is 0 Å². The van der Waals surface area contributed by atoms with Crippen LogP contribution in [0.2, 0.25) is 0 Å². The third-order valence-corrected chi connectivity index (χ3v) is 4.24. The molecule has 1 aromatic heterocycles. The van der Waals surface area contributed by atoms with Gasteiger partial charge in [-0.25, -0.2) is 0 Å². The van der Waals surface area contributed by atoms with Crippen LogP contribution in [0, 0.1) is 0 Å². The van der Waals surface area contributed by atoms with E-state index >= 15 is 0 Å². The Balaban J connectivity index is 1.46. The smallest absolute Gasteiger partial charge is 0.0456 e. The fraction of sp³-hybridized carbons (Fsp3) is 0.529. The second kappa shape index (κ2) is 6.42. The molecule has 0 unspecified atom stereocenters. The van der Waals surface area contributed by atoms with Gasteiger partial charge in [-0.3, -0.25) is 0 Å². The number of hydrogen-bond acceptors (Lipinski definition) is 2. The molecule has 1 fully saturated rings. The summed E-state index contributed by atoms with van der Waals surface area (Å²) in [7, 11) is 2.22. The maximum Gasteiger partial charge on any atom is 0.0456 e. The van der Waals surface area contributed by atoms with Gasteiger partial charge in [0.1, 0.15) is 0 Å². The first-order valence-corrected chi connectivity index (χ1v) is 7.79. The molecule has 0 amide bonds. The Kier molecular flexibility index (Phi) is 4.38. The number of para-hydroxylation sites is 1. The van der Waals surface area contributed by atoms with E-state index in [1.165, 1.54) is 62.0 Å². The number of aromatic amines is 1. The fourth-order valence-electron chi connectivity index (χ4n) is 3.16. The second-order valence-corrected chi connectivity index (χ2v) is 6.02. The van der Waals surface area contributed by atoms with E-state index in [9.17, 15) is 0 Å². The molecule has 0 bridgehead atoms. The Hall–Kier alpha value is -1.32. The zero-order valence-corrected chi connectivity index (χ0v) is 12.4. The van der Waals surface area contributed by atoms with Gasteiger partial charge in [-0.05, 0) is 70.0 Å². The molecule has 0 spiro atoms. The zero-order valence-electron chi connectivity index (χ0n) is 12.4. The average Bonchev–Trinajstić information content (AvgIpc) is 3.06. The quantitative estimate of drug-likeness (QED) is 0.872. The molecule has 0 atom stereocenters. The Bertz CT molecular complexity index is 507. The van der Waals surface area contributed by atoms with E-state index in [0.717, 1.165) is 6.54 Å². The molecule has 0 aliphatic carbocycles. The van der Waals surface area contributed by atoms with Crippen LogP contribution in [0.15, 0.2) is 30.3 Å². The summed E-state index contributed by atoms with van der Waals surface area (Å²) in [6, 6.07) is 10.8. The highest BCUT2D eigenvalue weighted by Crippen LogP contribution is 2.15. The van der Waals surface area contributed by atoms with E-state index in [4.69, 9.17) is 0 Å². The third-order valence-electron chi connectivity index (χ3n) is 4.24. The number of H-pyrrole nitrogens is 1. The molecule has 1 saturated heterocycles. The average molecular weight is 271 g/mol. The van der Waals surface area contributed by atoms with Crippen LogP contribution in [0.1, 0.15) is 25.0 Å². The van der Waals surface area contributed by atoms with Crippen LogP contribution in [-0.4, -0.2) is 48.0 Å². The summed E-state index contributed by atoms with van der Waals surface area (Å²) in [6.07, 6.45) is 4.06. The first-order chi connectivity index (χ1) is 9.81. The summed E-state index contributed by atoms with van der Waals surface area (Å²) >= 11 is 0. The van der Waals surface area contributed by atoms with Crippen molar-refractivity contribution in [2.75, 3.05) is 33.2 Å². The van der Waals surface area contributed by atoms with Crippen LogP contribution in [0.25, 0.3) is 10.9 Å². The van der Waals surface area contributed by atoms with Crippen LogP contribution >= 0.6 is 0 Å². The van der Waals surface area contributed by atoms with Gasteiger partial charge in [-0.15, -0.1) is 0 Å². The van der Waals surface area contributed by atoms with E-state index in [1.807, 2.05) is 0 Å². The van der Waals surface area contributed by atoms with E-state index in [-0.39, 0.29) is 0 Å². The van der Waals surface area contributed by atoms with Gasteiger partial charge in [-0.2, -0.15) is 0 Å². The molecule has 0 saturated carbocycles. The first kappa shape index (κ1) is 13.7. The van der Waals surface area contributed by atoms with Gasteiger partial charge in [0.15, 0.2) is 0 Å². The number of likely N-dealkylation sites (tertiary alicyclic amines) is 1. The molecule has 2 heterocycles. The van der Waals surface area contributed by atoms with Crippen molar-refractivity contribution in [1.82, 2.24) is 14.8 Å². The maximum atomic E-state index is 3.51. The van der Waals surface area contributed by atoms with Crippen LogP contribution in [0.3, 0.4) is 0 Å². The van der Waals surface area contributed by atoms with Crippen molar-refractivity contribution in [3.8, 4) is 0 Å². The zero-order chi connectivity index (χ0) is 13.8. The van der Waals surface area contributed by atoms with E-state index in [2.05, 4.69) is 52.2 Å². The molecule has 1 aromatic carbocycles. The summed E-state index contributed by atoms with van der Waals surface area (Å²) in [5.74, 6) is 0. The molecule has 1 aliphatic heterocycles. The number of aromatic nitrogens is 1. The summed E-state index contributed by atoms with van der Waals surface area (Å²) in [5.41, 5.74) is 2.56. The van der Waals surface area contributed by atoms with E-state index in [1.54, 1.807) is 0 Å². The van der Waals surface area contributed by atoms with Gasteiger partial charge in [0.2, 0.25) is 0 Å². The van der Waals surface area contributed by atoms with Crippen molar-refractivity contribution in [2.24, 2.45) is 0 Å². The Morgan fingerprint density at radius 1 is 1.20 bits per heavy atom. The lowest BCUT2D eigenvalue weighted by Crippen LogP contribution is -2.26. The molecule has 1 aliphatic rings. The number of nitrogens with one attached hydrogen (secondary N) is 1. The van der Waals surface area contributed by atoms with Crippen molar-refractivity contribution in [2.45, 2.75) is 25.8 Å². The molecule has 0 radical (unpaired) electrons. The van der Waals surface area contributed by atoms with Crippen molar-refractivity contribution in [3.05, 3.63) is 36.0 Å². The Morgan fingerprint density at radius 3 is 2.80 bits per heavy atom. The molecule has 3 heteroatoms. The molecule has 3 nitrogen and oxygen atoms in total. The van der Waals surface area contributed by atoms with Gasteiger partial charge < -0.3 is 14.8 Å². The maximum absolute atomic E-state index is 3.51. The number of nitrogens with zero attached hydrogens (tertiary/aromatic N) is 2. The van der Waals surface area contributed by atoms with Gasteiger partial charge in [0.25, 0.3) is 0 Å². The first-order valence-electron chi connectivity index (χ1n) is 7.79. The highest BCUT2D eigenvalue weighted by Gasteiger charge is 2.11. The van der Waals surface area contributed by atoms with Crippen LogP contribution < -0.4 is 0 Å². The van der Waals surface area contributed by atoms with Crippen molar-refractivity contribution in [1.29, 1.82) is 0 Å². The minimum absolute atomic E-state index is 1.01. The fourth-order valence-corrected chi connectivity index (χ4v) is 3.16. The standard InChI is InChI=1S/C17H25N3/c1-19(9-6-12-20-10-4-5-11-20)14-16-13-15-7-2-3-8-17(15)18-16/h2-3,7-8,13,18H,4-6,9-12,14H2,1H3. The molecule has 1 N–H and O–H groups in total. The van der Waals surface area contributed by atoms with Crippen molar-refractivity contribution < 1.29 is 0 Å². The van der Waals surface area contributed by atoms with Gasteiger partial charge >= 0.3 is 0 Å². The monoisotopic (exact) mass is 271 g/mol. The van der Waals surface area contributed by atoms with Crippen LogP contribution in [0.4, 0.5) is 0 Å². The van der Waals surface area contributed by atoms with Crippen LogP contribution in [-0.2, 0) is 6.54 Å². The lowest BCUT2D eigenvalue weighted by molar-refractivity contribution is 0.273.